The van der Waals surface area contributed by atoms with Gasteiger partial charge in [0.1, 0.15) is 0 Å². The maximum atomic E-state index is 5.49. The molecule has 0 aromatic carbocycles. The minimum Gasteiger partial charge on any atom is -0.330 e. The van der Waals surface area contributed by atoms with Crippen molar-refractivity contribution >= 4 is 0 Å². The van der Waals surface area contributed by atoms with Gasteiger partial charge >= 0.3 is 0 Å². The summed E-state index contributed by atoms with van der Waals surface area (Å²) in [5.74, 6) is 0. The van der Waals surface area contributed by atoms with Gasteiger partial charge in [-0.05, 0) is 39.7 Å². The van der Waals surface area contributed by atoms with Crippen LogP contribution in [0.2, 0.25) is 0 Å². The lowest BCUT2D eigenvalue weighted by molar-refractivity contribution is 0.538. The topological polar surface area (TPSA) is 26.0 Å². The summed E-state index contributed by atoms with van der Waals surface area (Å²) in [6.07, 6.45) is 22.0. The Balaban J connectivity index is 2.97. The second kappa shape index (κ2) is 16.8. The highest BCUT2D eigenvalue weighted by Gasteiger charge is 1.93. The number of nitrogens with two attached hydrogens (primary N) is 1. The van der Waals surface area contributed by atoms with E-state index in [-0.39, 0.29) is 0 Å². The minimum atomic E-state index is 0.869. The summed E-state index contributed by atoms with van der Waals surface area (Å²) in [4.78, 5) is 0. The molecule has 0 aliphatic carbocycles. The Labute approximate surface area is 128 Å². The highest BCUT2D eigenvalue weighted by atomic mass is 14.5. The molecular weight excluding hydrogens is 242 g/mol. The Bertz CT molecular complexity index is 204. The molecule has 2 N–H and O–H groups in total. The van der Waals surface area contributed by atoms with Gasteiger partial charge in [0.05, 0.1) is 0 Å². The Morgan fingerprint density at radius 2 is 0.950 bits per heavy atom. The smallest absolute Gasteiger partial charge is 0.00773 e. The van der Waals surface area contributed by atoms with E-state index >= 15 is 0 Å². The molecule has 0 saturated heterocycles. The zero-order chi connectivity index (χ0) is 14.9. The normalized spacial score (nSPS) is 10.8. The van der Waals surface area contributed by atoms with E-state index in [9.17, 15) is 0 Å². The van der Waals surface area contributed by atoms with Crippen LogP contribution in [0.4, 0.5) is 0 Å². The standard InChI is InChI=1S/C19H39N/c1-19(2)17-15-13-11-9-7-5-3-4-6-8-10-12-14-16-18-20/h17H,3-16,18,20H2,1-2H3. The first-order chi connectivity index (χ1) is 9.77. The molecule has 0 aliphatic heterocycles. The number of hydrogen-bond donors (Lipinski definition) is 1. The van der Waals surface area contributed by atoms with Gasteiger partial charge in [-0.25, -0.2) is 0 Å². The van der Waals surface area contributed by atoms with Crippen LogP contribution >= 0.6 is 0 Å². The van der Waals surface area contributed by atoms with Gasteiger partial charge in [-0.2, -0.15) is 0 Å². The molecule has 0 fully saturated rings. The van der Waals surface area contributed by atoms with Crippen molar-refractivity contribution in [3.63, 3.8) is 0 Å². The molecule has 1 nitrogen and oxygen atoms in total. The minimum absolute atomic E-state index is 0.869. The van der Waals surface area contributed by atoms with Crippen LogP contribution < -0.4 is 5.73 Å². The Morgan fingerprint density at radius 1 is 0.600 bits per heavy atom. The summed E-state index contributed by atoms with van der Waals surface area (Å²) >= 11 is 0. The third-order valence-corrected chi connectivity index (χ3v) is 3.96. The highest BCUT2D eigenvalue weighted by molar-refractivity contribution is 4.92. The molecule has 120 valence electrons. The number of allylic oxidation sites excluding steroid dienone is 2. The van der Waals surface area contributed by atoms with Gasteiger partial charge in [0.2, 0.25) is 0 Å². The van der Waals surface area contributed by atoms with Crippen LogP contribution in [0.5, 0.6) is 0 Å². The quantitative estimate of drug-likeness (QED) is 0.274. The first-order valence-electron chi connectivity index (χ1n) is 9.11. The van der Waals surface area contributed by atoms with Crippen LogP contribution in [0.1, 0.15) is 104 Å². The molecule has 0 aromatic heterocycles. The maximum Gasteiger partial charge on any atom is -0.00773 e. The van der Waals surface area contributed by atoms with E-state index in [4.69, 9.17) is 5.73 Å². The van der Waals surface area contributed by atoms with E-state index in [1.54, 1.807) is 0 Å². The van der Waals surface area contributed by atoms with Crippen LogP contribution in [0, 0.1) is 0 Å². The van der Waals surface area contributed by atoms with Crippen LogP contribution in [0.25, 0.3) is 0 Å². The summed E-state index contributed by atoms with van der Waals surface area (Å²) in [5, 5.41) is 0. The van der Waals surface area contributed by atoms with Crippen molar-refractivity contribution in [1.82, 2.24) is 0 Å². The molecule has 0 saturated carbocycles. The third kappa shape index (κ3) is 17.7. The summed E-state index contributed by atoms with van der Waals surface area (Å²) in [6, 6.07) is 0. The van der Waals surface area contributed by atoms with E-state index in [0.29, 0.717) is 0 Å². The van der Waals surface area contributed by atoms with Crippen molar-refractivity contribution in [2.45, 2.75) is 104 Å². The van der Waals surface area contributed by atoms with Crippen molar-refractivity contribution in [3.8, 4) is 0 Å². The van der Waals surface area contributed by atoms with Gasteiger partial charge in [-0.3, -0.25) is 0 Å². The molecule has 0 aliphatic rings. The Morgan fingerprint density at radius 3 is 1.30 bits per heavy atom. The largest absolute Gasteiger partial charge is 0.330 e. The molecule has 0 amide bonds. The van der Waals surface area contributed by atoms with Crippen molar-refractivity contribution in [2.75, 3.05) is 6.54 Å². The van der Waals surface area contributed by atoms with Gasteiger partial charge in [-0.1, -0.05) is 82.3 Å². The lowest BCUT2D eigenvalue weighted by atomic mass is 10.0. The average Bonchev–Trinajstić information content (AvgIpc) is 2.43. The lowest BCUT2D eigenvalue weighted by Gasteiger charge is -2.03. The molecule has 1 heteroatoms. The molecule has 0 spiro atoms. The van der Waals surface area contributed by atoms with Crippen LogP contribution in [-0.2, 0) is 0 Å². The van der Waals surface area contributed by atoms with Crippen molar-refractivity contribution < 1.29 is 0 Å². The molecule has 20 heavy (non-hydrogen) atoms. The molecule has 0 heterocycles. The summed E-state index contributed by atoms with van der Waals surface area (Å²) < 4.78 is 0. The SMILES string of the molecule is CC(C)=CCCCCCCCCCCCCCCCN. The van der Waals surface area contributed by atoms with E-state index < -0.39 is 0 Å². The van der Waals surface area contributed by atoms with E-state index in [2.05, 4.69) is 19.9 Å². The maximum absolute atomic E-state index is 5.49. The summed E-state index contributed by atoms with van der Waals surface area (Å²) in [6.45, 7) is 5.25. The first-order valence-corrected chi connectivity index (χ1v) is 9.11. The predicted molar refractivity (Wildman–Crippen MR) is 93.1 cm³/mol. The number of hydrogen-bond acceptors (Lipinski definition) is 1. The van der Waals surface area contributed by atoms with Crippen LogP contribution in [-0.4, -0.2) is 6.54 Å². The summed E-state index contributed by atoms with van der Waals surface area (Å²) in [7, 11) is 0. The van der Waals surface area contributed by atoms with Gasteiger partial charge in [0.15, 0.2) is 0 Å². The second-order valence-electron chi connectivity index (χ2n) is 6.46. The van der Waals surface area contributed by atoms with E-state index in [1.807, 2.05) is 0 Å². The number of rotatable bonds is 15. The Hall–Kier alpha value is -0.300. The predicted octanol–water partition coefficient (Wildman–Crippen LogP) is 6.37. The molecular formula is C19H39N. The monoisotopic (exact) mass is 281 g/mol. The van der Waals surface area contributed by atoms with Gasteiger partial charge < -0.3 is 5.73 Å². The van der Waals surface area contributed by atoms with Crippen molar-refractivity contribution in [3.05, 3.63) is 11.6 Å². The summed E-state index contributed by atoms with van der Waals surface area (Å²) in [5.41, 5.74) is 6.95. The lowest BCUT2D eigenvalue weighted by Crippen LogP contribution is -1.97. The fraction of sp³-hybridized carbons (Fsp3) is 0.895. The molecule has 0 atom stereocenters. The fourth-order valence-electron chi connectivity index (χ4n) is 2.62. The molecule has 0 bridgehead atoms. The van der Waals surface area contributed by atoms with Crippen molar-refractivity contribution in [1.29, 1.82) is 0 Å². The average molecular weight is 282 g/mol. The fourth-order valence-corrected chi connectivity index (χ4v) is 2.62. The van der Waals surface area contributed by atoms with Gasteiger partial charge in [0, 0.05) is 0 Å². The molecule has 0 radical (unpaired) electrons. The van der Waals surface area contributed by atoms with Gasteiger partial charge in [-0.15, -0.1) is 0 Å². The van der Waals surface area contributed by atoms with Crippen LogP contribution in [0.15, 0.2) is 11.6 Å². The second-order valence-corrected chi connectivity index (χ2v) is 6.46. The highest BCUT2D eigenvalue weighted by Crippen LogP contribution is 2.13. The zero-order valence-corrected chi connectivity index (χ0v) is 14.3. The molecule has 0 rings (SSSR count). The molecule has 0 unspecified atom stereocenters. The first kappa shape index (κ1) is 19.7. The van der Waals surface area contributed by atoms with E-state index in [1.165, 1.54) is 95.5 Å². The molecule has 0 aromatic rings. The van der Waals surface area contributed by atoms with Crippen LogP contribution in [0.3, 0.4) is 0 Å². The Kier molecular flexibility index (Phi) is 16.5. The van der Waals surface area contributed by atoms with Gasteiger partial charge in [0.25, 0.3) is 0 Å². The zero-order valence-electron chi connectivity index (χ0n) is 14.3. The third-order valence-electron chi connectivity index (χ3n) is 3.96. The van der Waals surface area contributed by atoms with Crippen molar-refractivity contribution in [2.24, 2.45) is 5.73 Å². The number of unbranched alkanes of at least 4 members (excludes halogenated alkanes) is 13. The van der Waals surface area contributed by atoms with E-state index in [0.717, 1.165) is 6.54 Å².